The van der Waals surface area contributed by atoms with Gasteiger partial charge in [-0.25, -0.2) is 0 Å². The minimum atomic E-state index is 0.195. The highest BCUT2D eigenvalue weighted by atomic mass is 35.5. The highest BCUT2D eigenvalue weighted by Gasteiger charge is 2.17. The van der Waals surface area contributed by atoms with Gasteiger partial charge in [-0.2, -0.15) is 0 Å². The molecule has 0 aliphatic carbocycles. The molecule has 0 amide bonds. The van der Waals surface area contributed by atoms with Gasteiger partial charge in [0.1, 0.15) is 0 Å². The third-order valence-corrected chi connectivity index (χ3v) is 3.92. The third kappa shape index (κ3) is 3.85. The zero-order valence-electron chi connectivity index (χ0n) is 11.6. The van der Waals surface area contributed by atoms with Gasteiger partial charge in [0.05, 0.1) is 17.3 Å². The van der Waals surface area contributed by atoms with Crippen LogP contribution in [-0.2, 0) is 11.2 Å². The number of benzene rings is 1. The normalized spacial score (nSPS) is 18.2. The predicted molar refractivity (Wildman–Crippen MR) is 81.1 cm³/mol. The average molecular weight is 283 g/mol. The Balaban J connectivity index is 2.25. The minimum absolute atomic E-state index is 0.195. The van der Waals surface area contributed by atoms with E-state index in [1.807, 2.05) is 12.1 Å². The van der Waals surface area contributed by atoms with E-state index in [1.165, 1.54) is 5.56 Å². The van der Waals surface area contributed by atoms with Gasteiger partial charge in [-0.1, -0.05) is 30.7 Å². The summed E-state index contributed by atoms with van der Waals surface area (Å²) in [5, 5.41) is 0.822. The molecule has 1 heterocycles. The van der Waals surface area contributed by atoms with Crippen molar-refractivity contribution in [1.82, 2.24) is 0 Å². The zero-order valence-corrected chi connectivity index (χ0v) is 12.3. The summed E-state index contributed by atoms with van der Waals surface area (Å²) in [5.74, 6) is 0. The van der Waals surface area contributed by atoms with Crippen molar-refractivity contribution < 1.29 is 4.74 Å². The predicted octanol–water partition coefficient (Wildman–Crippen LogP) is 2.85. The molecule has 106 valence electrons. The summed E-state index contributed by atoms with van der Waals surface area (Å²) in [5.41, 5.74) is 8.50. The number of nitrogens with two attached hydrogens (primary N) is 1. The molecule has 2 rings (SSSR count). The van der Waals surface area contributed by atoms with E-state index < -0.39 is 0 Å². The highest BCUT2D eigenvalue weighted by Crippen LogP contribution is 2.31. The maximum atomic E-state index is 6.42. The molecule has 0 bridgehead atoms. The quantitative estimate of drug-likeness (QED) is 0.923. The van der Waals surface area contributed by atoms with Gasteiger partial charge in [-0.3, -0.25) is 0 Å². The average Bonchev–Trinajstić information content (AvgIpc) is 2.67. The largest absolute Gasteiger partial charge is 0.380 e. The molecule has 0 aromatic heterocycles. The number of hydrogen-bond donors (Lipinski definition) is 1. The van der Waals surface area contributed by atoms with Crippen LogP contribution in [0.2, 0.25) is 5.02 Å². The summed E-state index contributed by atoms with van der Waals surface area (Å²) in [6.45, 7) is 5.63. The molecule has 1 atom stereocenters. The Kier molecular flexibility index (Phi) is 5.49. The van der Waals surface area contributed by atoms with E-state index in [-0.39, 0.29) is 6.04 Å². The van der Waals surface area contributed by atoms with Crippen molar-refractivity contribution in [2.24, 2.45) is 5.73 Å². The van der Waals surface area contributed by atoms with Crippen molar-refractivity contribution in [3.63, 3.8) is 0 Å². The molecular weight excluding hydrogens is 260 g/mol. The second-order valence-corrected chi connectivity index (χ2v) is 5.48. The van der Waals surface area contributed by atoms with Crippen LogP contribution in [0.3, 0.4) is 0 Å². The third-order valence-electron chi connectivity index (χ3n) is 3.62. The van der Waals surface area contributed by atoms with Gasteiger partial charge in [0.25, 0.3) is 0 Å². The summed E-state index contributed by atoms with van der Waals surface area (Å²) in [6.07, 6.45) is 2.91. The van der Waals surface area contributed by atoms with Crippen LogP contribution in [0.15, 0.2) is 18.2 Å². The molecule has 1 saturated heterocycles. The van der Waals surface area contributed by atoms with Gasteiger partial charge in [-0.05, 0) is 30.9 Å². The fourth-order valence-corrected chi connectivity index (χ4v) is 2.79. The summed E-state index contributed by atoms with van der Waals surface area (Å²) >= 11 is 6.42. The summed E-state index contributed by atoms with van der Waals surface area (Å²) < 4.78 is 5.52. The molecule has 0 radical (unpaired) electrons. The van der Waals surface area contributed by atoms with E-state index in [0.29, 0.717) is 0 Å². The Morgan fingerprint density at radius 3 is 3.00 bits per heavy atom. The molecule has 3 nitrogen and oxygen atoms in total. The van der Waals surface area contributed by atoms with Crippen LogP contribution in [0, 0.1) is 0 Å². The molecule has 1 aliphatic heterocycles. The first-order valence-electron chi connectivity index (χ1n) is 7.08. The SMILES string of the molecule is CCC(N)Cc1cccc(Cl)c1N1CCCOCC1. The van der Waals surface area contributed by atoms with E-state index in [1.54, 1.807) is 0 Å². The van der Waals surface area contributed by atoms with E-state index in [4.69, 9.17) is 22.1 Å². The molecule has 0 saturated carbocycles. The van der Waals surface area contributed by atoms with Gasteiger partial charge < -0.3 is 15.4 Å². The molecule has 1 aromatic rings. The number of para-hydroxylation sites is 1. The van der Waals surface area contributed by atoms with Gasteiger partial charge in [0.2, 0.25) is 0 Å². The summed E-state index contributed by atoms with van der Waals surface area (Å²) in [4.78, 5) is 2.34. The molecule has 1 aliphatic rings. The standard InChI is InChI=1S/C15H23ClN2O/c1-2-13(17)11-12-5-3-6-14(16)15(12)18-7-4-9-19-10-8-18/h3,5-6,13H,2,4,7-11,17H2,1H3. The lowest BCUT2D eigenvalue weighted by Gasteiger charge is -2.27. The molecule has 1 fully saturated rings. The van der Waals surface area contributed by atoms with Crippen LogP contribution in [0.25, 0.3) is 0 Å². The second-order valence-electron chi connectivity index (χ2n) is 5.07. The van der Waals surface area contributed by atoms with E-state index in [2.05, 4.69) is 17.9 Å². The van der Waals surface area contributed by atoms with Crippen LogP contribution in [-0.4, -0.2) is 32.3 Å². The van der Waals surface area contributed by atoms with Crippen LogP contribution in [0.4, 0.5) is 5.69 Å². The van der Waals surface area contributed by atoms with Gasteiger partial charge >= 0.3 is 0 Å². The number of ether oxygens (including phenoxy) is 1. The maximum absolute atomic E-state index is 6.42. The van der Waals surface area contributed by atoms with E-state index in [0.717, 1.165) is 56.3 Å². The van der Waals surface area contributed by atoms with Crippen molar-refractivity contribution >= 4 is 17.3 Å². The smallest absolute Gasteiger partial charge is 0.0642 e. The Bertz CT molecular complexity index is 403. The molecule has 4 heteroatoms. The first-order chi connectivity index (χ1) is 9.22. The van der Waals surface area contributed by atoms with E-state index >= 15 is 0 Å². The molecule has 19 heavy (non-hydrogen) atoms. The topological polar surface area (TPSA) is 38.5 Å². The number of nitrogens with zero attached hydrogens (tertiary/aromatic N) is 1. The van der Waals surface area contributed by atoms with Crippen LogP contribution < -0.4 is 10.6 Å². The van der Waals surface area contributed by atoms with Crippen molar-refractivity contribution in [3.8, 4) is 0 Å². The first kappa shape index (κ1) is 14.6. The number of halogens is 1. The minimum Gasteiger partial charge on any atom is -0.380 e. The summed E-state index contributed by atoms with van der Waals surface area (Å²) in [6, 6.07) is 6.31. The number of rotatable bonds is 4. The molecule has 0 spiro atoms. The van der Waals surface area contributed by atoms with Crippen LogP contribution >= 0.6 is 11.6 Å². The van der Waals surface area contributed by atoms with Crippen molar-refractivity contribution in [2.45, 2.75) is 32.2 Å². The zero-order chi connectivity index (χ0) is 13.7. The van der Waals surface area contributed by atoms with Crippen molar-refractivity contribution in [2.75, 3.05) is 31.2 Å². The lowest BCUT2D eigenvalue weighted by atomic mass is 10.0. The lowest BCUT2D eigenvalue weighted by molar-refractivity contribution is 0.152. The van der Waals surface area contributed by atoms with Gasteiger partial charge in [0, 0.05) is 25.7 Å². The van der Waals surface area contributed by atoms with Gasteiger partial charge in [0.15, 0.2) is 0 Å². The Morgan fingerprint density at radius 1 is 1.37 bits per heavy atom. The second kappa shape index (κ2) is 7.13. The van der Waals surface area contributed by atoms with Crippen molar-refractivity contribution in [3.05, 3.63) is 28.8 Å². The van der Waals surface area contributed by atoms with Crippen LogP contribution in [0.1, 0.15) is 25.3 Å². The lowest BCUT2D eigenvalue weighted by Crippen LogP contribution is -2.29. The highest BCUT2D eigenvalue weighted by molar-refractivity contribution is 6.33. The number of hydrogen-bond acceptors (Lipinski definition) is 3. The molecular formula is C15H23ClN2O. The molecule has 2 N–H and O–H groups in total. The van der Waals surface area contributed by atoms with E-state index in [9.17, 15) is 0 Å². The van der Waals surface area contributed by atoms with Gasteiger partial charge in [-0.15, -0.1) is 0 Å². The maximum Gasteiger partial charge on any atom is 0.0642 e. The number of anilines is 1. The van der Waals surface area contributed by atoms with Crippen molar-refractivity contribution in [1.29, 1.82) is 0 Å². The molecule has 1 unspecified atom stereocenters. The fraction of sp³-hybridized carbons (Fsp3) is 0.600. The Labute approximate surface area is 120 Å². The molecule has 1 aromatic carbocycles. The fourth-order valence-electron chi connectivity index (χ4n) is 2.48. The Morgan fingerprint density at radius 2 is 2.21 bits per heavy atom. The summed E-state index contributed by atoms with van der Waals surface area (Å²) in [7, 11) is 0. The Hall–Kier alpha value is -0.770. The van der Waals surface area contributed by atoms with Crippen LogP contribution in [0.5, 0.6) is 0 Å². The first-order valence-corrected chi connectivity index (χ1v) is 7.45. The monoisotopic (exact) mass is 282 g/mol.